The summed E-state index contributed by atoms with van der Waals surface area (Å²) in [5.41, 5.74) is 4.29. The maximum Gasteiger partial charge on any atom is 0.254 e. The first-order valence-corrected chi connectivity index (χ1v) is 15.2. The van der Waals surface area contributed by atoms with E-state index in [0.29, 0.717) is 24.4 Å². The van der Waals surface area contributed by atoms with E-state index in [-0.39, 0.29) is 11.1 Å². The second kappa shape index (κ2) is 8.66. The average molecular weight is 499 g/mol. The molecule has 2 atom stereocenters. The van der Waals surface area contributed by atoms with Crippen LogP contribution in [0.15, 0.2) is 36.4 Å². The number of amides is 1. The Hall–Kier alpha value is -3.32. The van der Waals surface area contributed by atoms with Crippen molar-refractivity contribution in [3.05, 3.63) is 64.5 Å². The molecule has 5 nitrogen and oxygen atoms in total. The first-order valence-electron chi connectivity index (χ1n) is 13.8. The summed E-state index contributed by atoms with van der Waals surface area (Å²) < 4.78 is 32.9. The van der Waals surface area contributed by atoms with Gasteiger partial charge in [0.2, 0.25) is 0 Å². The lowest BCUT2D eigenvalue weighted by atomic mass is 9.93. The van der Waals surface area contributed by atoms with Crippen molar-refractivity contribution in [2.75, 3.05) is 13.6 Å². The summed E-state index contributed by atoms with van der Waals surface area (Å²) in [5.74, 6) is 12.6. The van der Waals surface area contributed by atoms with Gasteiger partial charge < -0.3 is 13.9 Å². The van der Waals surface area contributed by atoms with Gasteiger partial charge in [0.1, 0.15) is 5.82 Å². The van der Waals surface area contributed by atoms with Crippen molar-refractivity contribution in [2.24, 2.45) is 0 Å². The van der Waals surface area contributed by atoms with Gasteiger partial charge in [0.15, 0.2) is 8.32 Å². The second-order valence-electron chi connectivity index (χ2n) is 11.0. The van der Waals surface area contributed by atoms with E-state index in [1.54, 1.807) is 19.1 Å². The van der Waals surface area contributed by atoms with Crippen LogP contribution >= 0.6 is 0 Å². The second-order valence-corrected chi connectivity index (χ2v) is 15.8. The highest BCUT2D eigenvalue weighted by molar-refractivity contribution is 6.74. The van der Waals surface area contributed by atoms with Crippen LogP contribution < -0.4 is 0 Å². The smallest absolute Gasteiger partial charge is 0.254 e. The molecule has 36 heavy (non-hydrogen) atoms. The highest BCUT2D eigenvalue weighted by Gasteiger charge is 2.44. The Labute approximate surface area is 219 Å². The van der Waals surface area contributed by atoms with Gasteiger partial charge in [-0.2, -0.15) is 0 Å². The highest BCUT2D eigenvalue weighted by atomic mass is 28.4. The Kier molecular flexibility index (Phi) is 5.01. The third-order valence-corrected chi connectivity index (χ3v) is 12.3. The highest BCUT2D eigenvalue weighted by Crippen LogP contribution is 2.48. The molecule has 0 aliphatic carbocycles. The first-order chi connectivity index (χ1) is 18.2. The molecule has 6 heteroatoms. The van der Waals surface area contributed by atoms with E-state index in [2.05, 4.69) is 62.1 Å². The first kappa shape index (κ1) is 20.8. The lowest BCUT2D eigenvalue weighted by molar-refractivity contribution is 0.0734. The number of benzene rings is 2. The van der Waals surface area contributed by atoms with Crippen molar-refractivity contribution in [3.8, 4) is 23.7 Å². The number of hydrogen-bond acceptors (Lipinski definition) is 3. The molecule has 2 aliphatic heterocycles. The van der Waals surface area contributed by atoms with Gasteiger partial charge in [-0.1, -0.05) is 44.6 Å². The summed E-state index contributed by atoms with van der Waals surface area (Å²) in [4.78, 5) is 19.5. The minimum Gasteiger partial charge on any atom is -0.406 e. The van der Waals surface area contributed by atoms with Crippen LogP contribution in [0.3, 0.4) is 0 Å². The summed E-state index contributed by atoms with van der Waals surface area (Å²) in [5, 5.41) is 0.115. The van der Waals surface area contributed by atoms with Gasteiger partial charge in [-0.25, -0.2) is 4.98 Å². The molecule has 2 bridgehead atoms. The Balaban J connectivity index is 1.62. The van der Waals surface area contributed by atoms with Crippen molar-refractivity contribution < 1.29 is 13.3 Å². The van der Waals surface area contributed by atoms with Gasteiger partial charge in [-0.15, -0.1) is 5.92 Å². The van der Waals surface area contributed by atoms with Gasteiger partial charge in [0.05, 0.1) is 29.7 Å². The lowest BCUT2D eigenvalue weighted by Crippen LogP contribution is -2.40. The number of carbonyl (C=O) groups is 1. The van der Waals surface area contributed by atoms with E-state index in [1.807, 2.05) is 24.3 Å². The van der Waals surface area contributed by atoms with Crippen LogP contribution in [0.25, 0.3) is 11.0 Å². The molecule has 5 rings (SSSR count). The van der Waals surface area contributed by atoms with Gasteiger partial charge >= 0.3 is 0 Å². The summed E-state index contributed by atoms with van der Waals surface area (Å²) in [6.07, 6.45) is 0.425. The van der Waals surface area contributed by atoms with Crippen molar-refractivity contribution >= 4 is 25.3 Å². The van der Waals surface area contributed by atoms with Crippen LogP contribution in [0.2, 0.25) is 18.1 Å². The van der Waals surface area contributed by atoms with Crippen LogP contribution in [0.5, 0.6) is 0 Å². The van der Waals surface area contributed by atoms with Crippen LogP contribution in [0.4, 0.5) is 0 Å². The van der Waals surface area contributed by atoms with Gasteiger partial charge in [0.25, 0.3) is 5.91 Å². The third kappa shape index (κ3) is 3.86. The quantitative estimate of drug-likeness (QED) is 0.326. The fourth-order valence-corrected chi connectivity index (χ4v) is 5.70. The molecule has 0 radical (unpaired) electrons. The standard InChI is InChI=1S/C30H33N3O2Si/c1-8-11-21-13-9-14-22-27(21)25-19-26(32(5)29(22)34)28-31-23-16-15-20(18-24(23)33(25)28)12-10-17-35-36(6,7)30(2,3)4/h9,13-16,18,25-26H,17,19H2,1-7H3/t25-,26-/m1/s1/i5D3. The molecule has 2 aromatic carbocycles. The maximum atomic E-state index is 13.6. The van der Waals surface area contributed by atoms with Crippen molar-refractivity contribution in [3.63, 3.8) is 0 Å². The molecule has 0 fully saturated rings. The SMILES string of the molecule is [2H]C([2H])([2H])N1C(=O)c2cccc(C#CC)c2[C@H]2C[C@@H]1c1nc3ccc(C#CCO[Si](C)(C)C(C)(C)C)cc3n12. The van der Waals surface area contributed by atoms with E-state index in [4.69, 9.17) is 13.5 Å². The van der Waals surface area contributed by atoms with E-state index >= 15 is 0 Å². The Morgan fingerprint density at radius 3 is 2.72 bits per heavy atom. The molecule has 0 unspecified atom stereocenters. The zero-order valence-corrected chi connectivity index (χ0v) is 22.7. The van der Waals surface area contributed by atoms with Crippen molar-refractivity contribution in [1.82, 2.24) is 14.5 Å². The lowest BCUT2D eigenvalue weighted by Gasteiger charge is -2.35. The molecular formula is C30H33N3O2Si. The molecule has 0 saturated carbocycles. The van der Waals surface area contributed by atoms with Crippen LogP contribution in [0.1, 0.15) is 83.2 Å². The average Bonchev–Trinajstić information content (AvgIpc) is 3.33. The van der Waals surface area contributed by atoms with E-state index in [0.717, 1.165) is 32.6 Å². The molecule has 3 aromatic rings. The number of imidazole rings is 1. The van der Waals surface area contributed by atoms with E-state index in [1.165, 1.54) is 0 Å². The number of fused-ring (bicyclic) bond motifs is 9. The zero-order valence-electron chi connectivity index (χ0n) is 24.7. The number of rotatable bonds is 2. The zero-order chi connectivity index (χ0) is 28.3. The summed E-state index contributed by atoms with van der Waals surface area (Å²) in [7, 11) is -1.89. The van der Waals surface area contributed by atoms with Crippen LogP contribution in [-0.2, 0) is 4.43 Å². The molecule has 0 N–H and O–H groups in total. The predicted molar refractivity (Wildman–Crippen MR) is 146 cm³/mol. The molecule has 3 heterocycles. The normalized spacial score (nSPS) is 20.2. The molecular weight excluding hydrogens is 462 g/mol. The van der Waals surface area contributed by atoms with Crippen molar-refractivity contribution in [2.45, 2.75) is 64.3 Å². The van der Waals surface area contributed by atoms with Gasteiger partial charge in [-0.3, -0.25) is 4.79 Å². The third-order valence-electron chi connectivity index (χ3n) is 7.78. The molecule has 1 amide bonds. The minimum absolute atomic E-state index is 0.115. The van der Waals surface area contributed by atoms with E-state index < -0.39 is 27.2 Å². The van der Waals surface area contributed by atoms with E-state index in [9.17, 15) is 4.79 Å². The Morgan fingerprint density at radius 2 is 2.00 bits per heavy atom. The Bertz CT molecular complexity index is 1610. The maximum absolute atomic E-state index is 13.6. The minimum atomic E-state index is -2.62. The summed E-state index contributed by atoms with van der Waals surface area (Å²) in [6, 6.07) is 10.2. The van der Waals surface area contributed by atoms with Crippen molar-refractivity contribution in [1.29, 1.82) is 0 Å². The monoisotopic (exact) mass is 498 g/mol. The van der Waals surface area contributed by atoms with Crippen LogP contribution in [-0.4, -0.2) is 42.3 Å². The Morgan fingerprint density at radius 1 is 1.19 bits per heavy atom. The molecule has 1 aromatic heterocycles. The van der Waals surface area contributed by atoms with Gasteiger partial charge in [-0.05, 0) is 55.4 Å². The number of nitrogens with zero attached hydrogens (tertiary/aromatic N) is 3. The van der Waals surface area contributed by atoms with Gasteiger partial charge in [0, 0.05) is 39.8 Å². The number of hydrogen-bond donors (Lipinski definition) is 0. The number of aromatic nitrogens is 2. The molecule has 2 aliphatic rings. The predicted octanol–water partition coefficient (Wildman–Crippen LogP) is 5.90. The molecule has 184 valence electrons. The summed E-state index contributed by atoms with van der Waals surface area (Å²) >= 11 is 0. The topological polar surface area (TPSA) is 47.4 Å². The molecule has 0 saturated heterocycles. The van der Waals surface area contributed by atoms with Crippen LogP contribution in [0, 0.1) is 23.7 Å². The fourth-order valence-electron chi connectivity index (χ4n) is 4.84. The fraction of sp³-hybridized carbons (Fsp3) is 0.400. The largest absolute Gasteiger partial charge is 0.406 e. The molecule has 0 spiro atoms. The number of carbonyl (C=O) groups excluding carboxylic acids is 1. The summed E-state index contributed by atoms with van der Waals surface area (Å²) in [6.45, 7) is 10.5.